The predicted molar refractivity (Wildman–Crippen MR) is 78.7 cm³/mol. The van der Waals surface area contributed by atoms with E-state index in [1.807, 2.05) is 0 Å². The van der Waals surface area contributed by atoms with Crippen molar-refractivity contribution in [3.05, 3.63) is 23.4 Å². The second kappa shape index (κ2) is 3.92. The molecule has 2 bridgehead atoms. The highest BCUT2D eigenvalue weighted by molar-refractivity contribution is 5.88. The minimum atomic E-state index is 0. The van der Waals surface area contributed by atoms with Crippen LogP contribution in [0.15, 0.2) is 12.1 Å². The standard InChI is InChI=1S/C16H18N2O2.H2/c1-2-10-8-18(4-1)5-3-11-12-6-14-15(20-9-19-14)7-13(12)17-16(10)11;/h6-7,10,17H,1-5,8-9H2;1H. The maximum atomic E-state index is 5.54. The van der Waals surface area contributed by atoms with Crippen LogP contribution in [0.2, 0.25) is 0 Å². The lowest BCUT2D eigenvalue weighted by atomic mass is 9.93. The van der Waals surface area contributed by atoms with Gasteiger partial charge in [0.1, 0.15) is 0 Å². The number of nitrogens with one attached hydrogen (secondary N) is 1. The van der Waals surface area contributed by atoms with Gasteiger partial charge in [-0.2, -0.15) is 0 Å². The smallest absolute Gasteiger partial charge is 0.231 e. The molecule has 0 aliphatic carbocycles. The van der Waals surface area contributed by atoms with Gasteiger partial charge in [-0.15, -0.1) is 0 Å². The Morgan fingerprint density at radius 3 is 3.05 bits per heavy atom. The van der Waals surface area contributed by atoms with Gasteiger partial charge in [0.15, 0.2) is 11.5 Å². The van der Waals surface area contributed by atoms with Crippen LogP contribution < -0.4 is 9.47 Å². The van der Waals surface area contributed by atoms with E-state index in [0.29, 0.717) is 12.7 Å². The number of aromatic amines is 1. The Kier molecular flexibility index (Phi) is 2.16. The van der Waals surface area contributed by atoms with Crippen molar-refractivity contribution in [2.24, 2.45) is 0 Å². The number of hydrogen-bond acceptors (Lipinski definition) is 3. The van der Waals surface area contributed by atoms with Crippen molar-refractivity contribution in [1.29, 1.82) is 0 Å². The molecule has 1 fully saturated rings. The van der Waals surface area contributed by atoms with Crippen molar-refractivity contribution in [2.75, 3.05) is 26.4 Å². The molecule has 1 N–H and O–H groups in total. The molecule has 3 aliphatic heterocycles. The van der Waals surface area contributed by atoms with Gasteiger partial charge in [-0.25, -0.2) is 0 Å². The van der Waals surface area contributed by atoms with E-state index in [-0.39, 0.29) is 1.43 Å². The van der Waals surface area contributed by atoms with E-state index in [4.69, 9.17) is 9.47 Å². The molecule has 2 aromatic rings. The number of hydrogen-bond donors (Lipinski definition) is 1. The van der Waals surface area contributed by atoms with Crippen LogP contribution in [0, 0.1) is 0 Å². The largest absolute Gasteiger partial charge is 0.454 e. The number of fused-ring (bicyclic) bond motifs is 7. The molecule has 2 atom stereocenters. The molecular weight excluding hydrogens is 252 g/mol. The number of piperidine rings is 1. The van der Waals surface area contributed by atoms with Crippen LogP contribution in [0.1, 0.15) is 31.4 Å². The molecule has 3 aliphatic rings. The van der Waals surface area contributed by atoms with Crippen molar-refractivity contribution in [2.45, 2.75) is 25.2 Å². The zero-order chi connectivity index (χ0) is 13.1. The van der Waals surface area contributed by atoms with Crippen molar-refractivity contribution in [3.63, 3.8) is 0 Å². The average molecular weight is 272 g/mol. The first kappa shape index (κ1) is 11.0. The fourth-order valence-corrected chi connectivity index (χ4v) is 4.04. The third-order valence-electron chi connectivity index (χ3n) is 5.02. The van der Waals surface area contributed by atoms with Gasteiger partial charge >= 0.3 is 0 Å². The zero-order valence-corrected chi connectivity index (χ0v) is 11.4. The summed E-state index contributed by atoms with van der Waals surface area (Å²) in [5.74, 6) is 2.44. The molecule has 106 valence electrons. The lowest BCUT2D eigenvalue weighted by Gasteiger charge is -2.29. The topological polar surface area (TPSA) is 37.5 Å². The number of H-pyrrole nitrogens is 1. The Hall–Kier alpha value is -1.68. The van der Waals surface area contributed by atoms with Crippen LogP contribution in [0.3, 0.4) is 0 Å². The van der Waals surface area contributed by atoms with Gasteiger partial charge in [-0.3, -0.25) is 0 Å². The fourth-order valence-electron chi connectivity index (χ4n) is 4.04. The normalized spacial score (nSPS) is 27.4. The molecule has 0 spiro atoms. The highest BCUT2D eigenvalue weighted by Gasteiger charge is 2.29. The van der Waals surface area contributed by atoms with E-state index in [0.717, 1.165) is 17.9 Å². The molecule has 2 unspecified atom stereocenters. The lowest BCUT2D eigenvalue weighted by molar-refractivity contribution is 0.174. The number of aromatic nitrogens is 1. The minimum Gasteiger partial charge on any atom is -0.454 e. The molecule has 1 aromatic carbocycles. The molecule has 1 aromatic heterocycles. The highest BCUT2D eigenvalue weighted by atomic mass is 16.7. The molecule has 20 heavy (non-hydrogen) atoms. The van der Waals surface area contributed by atoms with Gasteiger partial charge in [0.25, 0.3) is 0 Å². The number of benzene rings is 1. The average Bonchev–Trinajstić information content (AvgIpc) is 3.03. The summed E-state index contributed by atoms with van der Waals surface area (Å²) in [4.78, 5) is 6.29. The maximum Gasteiger partial charge on any atom is 0.231 e. The molecule has 4 heterocycles. The van der Waals surface area contributed by atoms with Crippen molar-refractivity contribution in [1.82, 2.24) is 9.88 Å². The molecule has 4 heteroatoms. The van der Waals surface area contributed by atoms with Crippen LogP contribution in [0.4, 0.5) is 0 Å². The summed E-state index contributed by atoms with van der Waals surface area (Å²) in [6.07, 6.45) is 3.77. The first-order chi connectivity index (χ1) is 9.88. The van der Waals surface area contributed by atoms with E-state index < -0.39 is 0 Å². The van der Waals surface area contributed by atoms with Crippen LogP contribution >= 0.6 is 0 Å². The van der Waals surface area contributed by atoms with Crippen molar-refractivity contribution >= 4 is 10.9 Å². The van der Waals surface area contributed by atoms with Crippen LogP contribution in [-0.4, -0.2) is 36.3 Å². The summed E-state index contributed by atoms with van der Waals surface area (Å²) in [6.45, 7) is 4.02. The summed E-state index contributed by atoms with van der Waals surface area (Å²) in [5, 5.41) is 1.33. The molecular formula is C16H20N2O2. The molecule has 5 rings (SSSR count). The fraction of sp³-hybridized carbons (Fsp3) is 0.500. The number of rotatable bonds is 0. The van der Waals surface area contributed by atoms with Gasteiger partial charge < -0.3 is 19.4 Å². The van der Waals surface area contributed by atoms with Crippen molar-refractivity contribution in [3.8, 4) is 11.5 Å². The van der Waals surface area contributed by atoms with Gasteiger partial charge in [0, 0.05) is 43.1 Å². The van der Waals surface area contributed by atoms with Gasteiger partial charge in [0.05, 0.1) is 0 Å². The Bertz CT molecular complexity index is 697. The second-order valence-electron chi connectivity index (χ2n) is 6.16. The summed E-state index contributed by atoms with van der Waals surface area (Å²) in [5.41, 5.74) is 4.18. The SMILES string of the molecule is [HH].c1c2c(cc3c4c([nH]c13)C1CCCN(CC4)C1)OCO2. The first-order valence-corrected chi connectivity index (χ1v) is 7.55. The van der Waals surface area contributed by atoms with Crippen LogP contribution in [0.25, 0.3) is 10.9 Å². The maximum absolute atomic E-state index is 5.54. The molecule has 0 saturated carbocycles. The van der Waals surface area contributed by atoms with Crippen LogP contribution in [0.5, 0.6) is 11.5 Å². The number of nitrogens with zero attached hydrogens (tertiary/aromatic N) is 1. The van der Waals surface area contributed by atoms with Crippen LogP contribution in [-0.2, 0) is 6.42 Å². The predicted octanol–water partition coefficient (Wildman–Crippen LogP) is 2.88. The Morgan fingerprint density at radius 2 is 2.10 bits per heavy atom. The highest BCUT2D eigenvalue weighted by Crippen LogP contribution is 2.41. The minimum absolute atomic E-state index is 0. The summed E-state index contributed by atoms with van der Waals surface area (Å²) < 4.78 is 11.0. The Balaban J connectivity index is 0.00000115. The second-order valence-corrected chi connectivity index (χ2v) is 6.16. The molecule has 0 radical (unpaired) electrons. The monoisotopic (exact) mass is 272 g/mol. The molecule has 0 amide bonds. The molecule has 1 saturated heterocycles. The molecule has 4 nitrogen and oxygen atoms in total. The number of ether oxygens (including phenoxy) is 2. The Morgan fingerprint density at radius 1 is 1.20 bits per heavy atom. The van der Waals surface area contributed by atoms with Gasteiger partial charge in [0.2, 0.25) is 6.79 Å². The zero-order valence-electron chi connectivity index (χ0n) is 11.4. The summed E-state index contributed by atoms with van der Waals surface area (Å²) in [7, 11) is 0. The summed E-state index contributed by atoms with van der Waals surface area (Å²) >= 11 is 0. The summed E-state index contributed by atoms with van der Waals surface area (Å²) in [6, 6.07) is 4.27. The van der Waals surface area contributed by atoms with E-state index in [2.05, 4.69) is 22.0 Å². The van der Waals surface area contributed by atoms with Crippen molar-refractivity contribution < 1.29 is 10.9 Å². The third kappa shape index (κ3) is 1.45. The Labute approximate surface area is 119 Å². The lowest BCUT2D eigenvalue weighted by Crippen LogP contribution is -2.33. The third-order valence-corrected chi connectivity index (χ3v) is 5.02. The first-order valence-electron chi connectivity index (χ1n) is 7.55. The van der Waals surface area contributed by atoms with E-state index in [1.54, 1.807) is 0 Å². The quantitative estimate of drug-likeness (QED) is 0.801. The van der Waals surface area contributed by atoms with E-state index >= 15 is 0 Å². The van der Waals surface area contributed by atoms with E-state index in [9.17, 15) is 0 Å². The van der Waals surface area contributed by atoms with E-state index in [1.165, 1.54) is 54.6 Å². The van der Waals surface area contributed by atoms with Gasteiger partial charge in [-0.05, 0) is 37.4 Å². The van der Waals surface area contributed by atoms with Gasteiger partial charge in [-0.1, -0.05) is 0 Å².